The van der Waals surface area contributed by atoms with Gasteiger partial charge in [-0.25, -0.2) is 0 Å². The minimum atomic E-state index is -0.389. The average Bonchev–Trinajstić information content (AvgIpc) is 3.16. The fourth-order valence-corrected chi connectivity index (χ4v) is 3.79. The van der Waals surface area contributed by atoms with Crippen molar-refractivity contribution in [2.75, 3.05) is 46.9 Å². The molecule has 1 aliphatic carbocycles. The second-order valence-corrected chi connectivity index (χ2v) is 7.55. The summed E-state index contributed by atoms with van der Waals surface area (Å²) >= 11 is 0. The van der Waals surface area contributed by atoms with Crippen LogP contribution in [0.5, 0.6) is 0 Å². The molecule has 1 aromatic rings. The van der Waals surface area contributed by atoms with Crippen molar-refractivity contribution in [1.29, 1.82) is 0 Å². The topological polar surface area (TPSA) is 101 Å². The Labute approximate surface area is 159 Å². The molecule has 0 spiro atoms. The Morgan fingerprint density at radius 2 is 1.89 bits per heavy atom. The van der Waals surface area contributed by atoms with Crippen molar-refractivity contribution in [3.05, 3.63) is 11.7 Å². The molecule has 2 aliphatic rings. The maximum atomic E-state index is 12.4. The summed E-state index contributed by atoms with van der Waals surface area (Å²) in [5, 5.41) is 6.72. The first-order chi connectivity index (χ1) is 13.0. The van der Waals surface area contributed by atoms with E-state index in [1.54, 1.807) is 4.90 Å². The van der Waals surface area contributed by atoms with E-state index in [0.717, 1.165) is 12.8 Å². The number of nitrogens with zero attached hydrogens (tertiary/aromatic N) is 4. The molecule has 2 fully saturated rings. The summed E-state index contributed by atoms with van der Waals surface area (Å²) in [6.07, 6.45) is 5.73. The van der Waals surface area contributed by atoms with Gasteiger partial charge in [0.25, 0.3) is 0 Å². The van der Waals surface area contributed by atoms with Crippen molar-refractivity contribution < 1.29 is 18.8 Å². The molecule has 1 N–H and O–H groups in total. The number of amides is 2. The average molecular weight is 379 g/mol. The Kier molecular flexibility index (Phi) is 6.43. The molecule has 0 radical (unpaired) electrons. The van der Waals surface area contributed by atoms with Gasteiger partial charge in [-0.3, -0.25) is 9.59 Å². The number of hydrogen-bond donors (Lipinski definition) is 1. The summed E-state index contributed by atoms with van der Waals surface area (Å²) in [6, 6.07) is 0. The maximum absolute atomic E-state index is 12.4. The molecule has 1 saturated carbocycles. The lowest BCUT2D eigenvalue weighted by molar-refractivity contribution is -0.134. The zero-order valence-corrected chi connectivity index (χ0v) is 16.2. The fraction of sp³-hybridized carbons (Fsp3) is 0.778. The highest BCUT2D eigenvalue weighted by Crippen LogP contribution is 2.31. The third kappa shape index (κ3) is 4.84. The van der Waals surface area contributed by atoms with Crippen LogP contribution in [-0.4, -0.2) is 84.2 Å². The van der Waals surface area contributed by atoms with Gasteiger partial charge in [0, 0.05) is 25.2 Å². The van der Waals surface area contributed by atoms with Gasteiger partial charge in [-0.15, -0.1) is 0 Å². The van der Waals surface area contributed by atoms with E-state index in [4.69, 9.17) is 9.26 Å². The molecule has 27 heavy (non-hydrogen) atoms. The predicted octanol–water partition coefficient (Wildman–Crippen LogP) is 0.465. The molecular weight excluding hydrogens is 350 g/mol. The molecule has 9 heteroatoms. The van der Waals surface area contributed by atoms with Crippen LogP contribution in [0.1, 0.15) is 48.6 Å². The van der Waals surface area contributed by atoms with E-state index in [2.05, 4.69) is 34.5 Å². The molecule has 1 saturated heterocycles. The van der Waals surface area contributed by atoms with Crippen molar-refractivity contribution in [1.82, 2.24) is 25.3 Å². The lowest BCUT2D eigenvalue weighted by atomic mass is 9.80. The van der Waals surface area contributed by atoms with E-state index in [1.165, 1.54) is 19.3 Å². The van der Waals surface area contributed by atoms with Gasteiger partial charge in [0.1, 0.15) is 0 Å². The first-order valence-electron chi connectivity index (χ1n) is 9.64. The van der Waals surface area contributed by atoms with Crippen LogP contribution in [0.4, 0.5) is 0 Å². The smallest absolute Gasteiger partial charge is 0.315 e. The van der Waals surface area contributed by atoms with Gasteiger partial charge in [0.05, 0.1) is 19.6 Å². The number of carbonyl (C=O) groups excluding carboxylic acids is 2. The van der Waals surface area contributed by atoms with Crippen molar-refractivity contribution in [2.45, 2.75) is 44.1 Å². The Morgan fingerprint density at radius 1 is 1.19 bits per heavy atom. The third-order valence-corrected chi connectivity index (χ3v) is 5.65. The lowest BCUT2D eigenvalue weighted by Crippen LogP contribution is -2.53. The number of morpholine rings is 1. The SMILES string of the molecule is CN(C)C1(CNC(=O)c2nc(CC(=O)N3CCOCC3)no2)CCCCC1. The highest BCUT2D eigenvalue weighted by molar-refractivity contribution is 5.89. The highest BCUT2D eigenvalue weighted by atomic mass is 16.5. The summed E-state index contributed by atoms with van der Waals surface area (Å²) in [4.78, 5) is 32.7. The number of ether oxygens (including phenoxy) is 1. The largest absolute Gasteiger partial charge is 0.378 e. The Balaban J connectivity index is 1.54. The molecule has 0 unspecified atom stereocenters. The standard InChI is InChI=1S/C18H29N5O4/c1-22(2)18(6-4-3-5-7-18)13-19-16(25)17-20-14(21-27-17)12-15(24)23-8-10-26-11-9-23/h3-13H2,1-2H3,(H,19,25). The van der Waals surface area contributed by atoms with E-state index in [0.29, 0.717) is 32.8 Å². The molecule has 1 aliphatic heterocycles. The zero-order chi connectivity index (χ0) is 19.3. The van der Waals surface area contributed by atoms with Crippen molar-refractivity contribution >= 4 is 11.8 Å². The third-order valence-electron chi connectivity index (χ3n) is 5.65. The first kappa shape index (κ1) is 19.8. The van der Waals surface area contributed by atoms with Crippen LogP contribution in [-0.2, 0) is 16.0 Å². The second kappa shape index (κ2) is 8.79. The van der Waals surface area contributed by atoms with Gasteiger partial charge in [-0.1, -0.05) is 24.4 Å². The maximum Gasteiger partial charge on any atom is 0.315 e. The summed E-state index contributed by atoms with van der Waals surface area (Å²) < 4.78 is 10.3. The number of likely N-dealkylation sites (N-methyl/N-ethyl adjacent to an activating group) is 1. The quantitative estimate of drug-likeness (QED) is 0.766. The number of hydrogen-bond acceptors (Lipinski definition) is 7. The van der Waals surface area contributed by atoms with Crippen LogP contribution in [0, 0.1) is 0 Å². The predicted molar refractivity (Wildman–Crippen MR) is 97.2 cm³/mol. The molecule has 0 aromatic carbocycles. The van der Waals surface area contributed by atoms with Crippen LogP contribution in [0.25, 0.3) is 0 Å². The van der Waals surface area contributed by atoms with Crippen LogP contribution in [0.15, 0.2) is 4.52 Å². The Bertz CT molecular complexity index is 648. The minimum absolute atomic E-state index is 0.0247. The summed E-state index contributed by atoms with van der Waals surface area (Å²) in [7, 11) is 4.11. The van der Waals surface area contributed by atoms with Gasteiger partial charge in [-0.2, -0.15) is 4.98 Å². The molecule has 0 bridgehead atoms. The number of rotatable bonds is 6. The fourth-order valence-electron chi connectivity index (χ4n) is 3.79. The van der Waals surface area contributed by atoms with Gasteiger partial charge < -0.3 is 24.4 Å². The summed E-state index contributed by atoms with van der Waals surface area (Å²) in [5.41, 5.74) is -0.0247. The van der Waals surface area contributed by atoms with Crippen LogP contribution in [0.2, 0.25) is 0 Å². The summed E-state index contributed by atoms with van der Waals surface area (Å²) in [5.74, 6) is -0.333. The van der Waals surface area contributed by atoms with E-state index < -0.39 is 0 Å². The van der Waals surface area contributed by atoms with Gasteiger partial charge in [-0.05, 0) is 26.9 Å². The molecule has 1 aromatic heterocycles. The minimum Gasteiger partial charge on any atom is -0.378 e. The van der Waals surface area contributed by atoms with Crippen molar-refractivity contribution in [2.24, 2.45) is 0 Å². The highest BCUT2D eigenvalue weighted by Gasteiger charge is 2.35. The molecular formula is C18H29N5O4. The Hall–Kier alpha value is -2.00. The zero-order valence-electron chi connectivity index (χ0n) is 16.2. The monoisotopic (exact) mass is 379 g/mol. The number of carbonyl (C=O) groups is 2. The van der Waals surface area contributed by atoms with E-state index in [9.17, 15) is 9.59 Å². The normalized spacial score (nSPS) is 19.9. The number of nitrogens with one attached hydrogen (secondary N) is 1. The van der Waals surface area contributed by atoms with Crippen molar-refractivity contribution in [3.8, 4) is 0 Å². The van der Waals surface area contributed by atoms with Gasteiger partial charge in [0.2, 0.25) is 5.91 Å². The van der Waals surface area contributed by atoms with Gasteiger partial charge >= 0.3 is 11.8 Å². The molecule has 3 rings (SSSR count). The molecule has 0 atom stereocenters. The van der Waals surface area contributed by atoms with Crippen LogP contribution < -0.4 is 5.32 Å². The van der Waals surface area contributed by atoms with Gasteiger partial charge in [0.15, 0.2) is 5.82 Å². The van der Waals surface area contributed by atoms with E-state index in [-0.39, 0.29) is 35.5 Å². The van der Waals surface area contributed by atoms with E-state index >= 15 is 0 Å². The second-order valence-electron chi connectivity index (χ2n) is 7.55. The Morgan fingerprint density at radius 3 is 2.56 bits per heavy atom. The lowest BCUT2D eigenvalue weighted by Gasteiger charge is -2.43. The summed E-state index contributed by atoms with van der Waals surface area (Å²) in [6.45, 7) is 2.76. The van der Waals surface area contributed by atoms with Crippen molar-refractivity contribution in [3.63, 3.8) is 0 Å². The molecule has 2 amide bonds. The molecule has 150 valence electrons. The number of aromatic nitrogens is 2. The van der Waals surface area contributed by atoms with Crippen LogP contribution in [0.3, 0.4) is 0 Å². The van der Waals surface area contributed by atoms with E-state index in [1.807, 2.05) is 0 Å². The molecule has 2 heterocycles. The first-order valence-corrected chi connectivity index (χ1v) is 9.64. The van der Waals surface area contributed by atoms with Crippen LogP contribution >= 0.6 is 0 Å². The molecule has 9 nitrogen and oxygen atoms in total.